The summed E-state index contributed by atoms with van der Waals surface area (Å²) >= 11 is 0. The van der Waals surface area contributed by atoms with Crippen LogP contribution in [0.15, 0.2) is 37.0 Å². The van der Waals surface area contributed by atoms with Gasteiger partial charge in [0, 0.05) is 13.0 Å². The fraction of sp³-hybridized carbons (Fsp3) is 0.214. The number of hydrogen-bond donors (Lipinski definition) is 2. The molecule has 2 rings (SSSR count). The van der Waals surface area contributed by atoms with Gasteiger partial charge in [0.15, 0.2) is 0 Å². The maximum atomic E-state index is 10.7. The van der Waals surface area contributed by atoms with Crippen LogP contribution >= 0.6 is 0 Å². The Balaban J connectivity index is 0.000000217. The van der Waals surface area contributed by atoms with Crippen LogP contribution in [-0.4, -0.2) is 39.5 Å². The van der Waals surface area contributed by atoms with Crippen molar-refractivity contribution in [2.75, 3.05) is 6.54 Å². The lowest BCUT2D eigenvalue weighted by atomic mass is 10.1. The summed E-state index contributed by atoms with van der Waals surface area (Å²) in [4.78, 5) is 33.2. The molecule has 1 aliphatic rings. The van der Waals surface area contributed by atoms with Crippen molar-refractivity contribution in [2.45, 2.75) is 12.8 Å². The highest BCUT2D eigenvalue weighted by Crippen LogP contribution is 2.08. The molecule has 6 heteroatoms. The molecule has 0 unspecified atom stereocenters. The fourth-order valence-electron chi connectivity index (χ4n) is 1.72. The number of carboxylic acids is 2. The second kappa shape index (κ2) is 7.08. The smallest absolute Gasteiger partial charge is 0.336 e. The van der Waals surface area contributed by atoms with Crippen LogP contribution in [0.3, 0.4) is 0 Å². The molecule has 1 aromatic rings. The van der Waals surface area contributed by atoms with Crippen LogP contribution in [0.5, 0.6) is 0 Å². The van der Waals surface area contributed by atoms with Gasteiger partial charge in [0.25, 0.3) is 0 Å². The highest BCUT2D eigenvalue weighted by molar-refractivity contribution is 6.01. The van der Waals surface area contributed by atoms with E-state index in [1.165, 1.54) is 24.3 Å². The summed E-state index contributed by atoms with van der Waals surface area (Å²) in [5.74, 6) is -2.25. The zero-order valence-corrected chi connectivity index (χ0v) is 10.8. The molecule has 1 amide bonds. The molecule has 1 saturated heterocycles. The number of carboxylic acid groups (broad SMARTS) is 2. The van der Waals surface area contributed by atoms with Crippen LogP contribution in [-0.2, 0) is 4.79 Å². The van der Waals surface area contributed by atoms with Gasteiger partial charge in [-0.2, -0.15) is 0 Å². The molecule has 1 fully saturated rings. The second-order valence-corrected chi connectivity index (χ2v) is 4.03. The van der Waals surface area contributed by atoms with Crippen LogP contribution in [0.1, 0.15) is 33.6 Å². The first-order chi connectivity index (χ1) is 9.47. The quantitative estimate of drug-likeness (QED) is 0.879. The Bertz CT molecular complexity index is 505. The molecule has 106 valence electrons. The summed E-state index contributed by atoms with van der Waals surface area (Å²) in [7, 11) is 0. The highest BCUT2D eigenvalue weighted by atomic mass is 16.4. The van der Waals surface area contributed by atoms with E-state index in [1.54, 1.807) is 11.1 Å². The molecule has 1 aromatic carbocycles. The summed E-state index contributed by atoms with van der Waals surface area (Å²) in [6, 6.07) is 5.48. The number of carbonyl (C=O) groups excluding carboxylic acids is 1. The van der Waals surface area contributed by atoms with Crippen LogP contribution in [0.25, 0.3) is 0 Å². The van der Waals surface area contributed by atoms with E-state index < -0.39 is 11.9 Å². The van der Waals surface area contributed by atoms with Crippen molar-refractivity contribution in [1.29, 1.82) is 0 Å². The summed E-state index contributed by atoms with van der Waals surface area (Å²) in [6.45, 7) is 4.36. The third-order valence-electron chi connectivity index (χ3n) is 2.72. The first kappa shape index (κ1) is 15.4. The minimum Gasteiger partial charge on any atom is -0.478 e. The standard InChI is InChI=1S/C8H6O4.C6H9NO/c9-7(10)5-3-1-2-4-6(5)8(11)12;1-2-7-5-3-4-6(7)8/h1-4H,(H,9,10)(H,11,12);2H,1,3-5H2. The van der Waals surface area contributed by atoms with Crippen LogP contribution < -0.4 is 0 Å². The van der Waals surface area contributed by atoms with E-state index in [2.05, 4.69) is 6.58 Å². The van der Waals surface area contributed by atoms with E-state index in [0.717, 1.165) is 13.0 Å². The van der Waals surface area contributed by atoms with Crippen molar-refractivity contribution >= 4 is 17.8 Å². The molecule has 0 atom stereocenters. The number of rotatable bonds is 3. The van der Waals surface area contributed by atoms with Gasteiger partial charge < -0.3 is 15.1 Å². The molecule has 20 heavy (non-hydrogen) atoms. The molecule has 0 spiro atoms. The van der Waals surface area contributed by atoms with Crippen molar-refractivity contribution in [2.24, 2.45) is 0 Å². The Labute approximate surface area is 115 Å². The molecule has 0 bridgehead atoms. The molecule has 2 N–H and O–H groups in total. The van der Waals surface area contributed by atoms with Gasteiger partial charge in [-0.15, -0.1) is 0 Å². The Hall–Kier alpha value is -2.63. The van der Waals surface area contributed by atoms with Crippen molar-refractivity contribution in [1.82, 2.24) is 4.90 Å². The minimum absolute atomic E-state index is 0.190. The fourth-order valence-corrected chi connectivity index (χ4v) is 1.72. The third-order valence-corrected chi connectivity index (χ3v) is 2.72. The topological polar surface area (TPSA) is 94.9 Å². The van der Waals surface area contributed by atoms with E-state index in [1.807, 2.05) is 0 Å². The van der Waals surface area contributed by atoms with Crippen LogP contribution in [0.2, 0.25) is 0 Å². The molecule has 0 aromatic heterocycles. The summed E-state index contributed by atoms with van der Waals surface area (Å²) < 4.78 is 0. The average Bonchev–Trinajstić information content (AvgIpc) is 2.84. The number of likely N-dealkylation sites (tertiary alicyclic amines) is 1. The zero-order chi connectivity index (χ0) is 15.1. The van der Waals surface area contributed by atoms with E-state index >= 15 is 0 Å². The number of benzene rings is 1. The van der Waals surface area contributed by atoms with Crippen molar-refractivity contribution in [3.8, 4) is 0 Å². The maximum Gasteiger partial charge on any atom is 0.336 e. The SMILES string of the molecule is C=CN1CCCC1=O.O=C(O)c1ccccc1C(=O)O. The second-order valence-electron chi connectivity index (χ2n) is 4.03. The monoisotopic (exact) mass is 277 g/mol. The Morgan fingerprint density at radius 3 is 1.90 bits per heavy atom. The number of aromatic carboxylic acids is 2. The molecule has 0 aliphatic carbocycles. The van der Waals surface area contributed by atoms with Gasteiger partial charge in [0.2, 0.25) is 5.91 Å². The Morgan fingerprint density at radius 2 is 1.65 bits per heavy atom. The summed E-state index contributed by atoms with van der Waals surface area (Å²) in [6.07, 6.45) is 3.28. The van der Waals surface area contributed by atoms with Crippen molar-refractivity contribution in [3.05, 3.63) is 48.2 Å². The molecular formula is C14H15NO5. The van der Waals surface area contributed by atoms with E-state index in [4.69, 9.17) is 10.2 Å². The minimum atomic E-state index is -1.23. The van der Waals surface area contributed by atoms with Gasteiger partial charge in [-0.05, 0) is 24.8 Å². The average molecular weight is 277 g/mol. The predicted octanol–water partition coefficient (Wildman–Crippen LogP) is 1.84. The first-order valence-corrected chi connectivity index (χ1v) is 5.95. The zero-order valence-electron chi connectivity index (χ0n) is 10.8. The lowest BCUT2D eigenvalue weighted by molar-refractivity contribution is -0.125. The number of carbonyl (C=O) groups is 3. The van der Waals surface area contributed by atoms with Gasteiger partial charge in [0.1, 0.15) is 0 Å². The van der Waals surface area contributed by atoms with Gasteiger partial charge in [-0.1, -0.05) is 18.7 Å². The number of amides is 1. The summed E-state index contributed by atoms with van der Waals surface area (Å²) in [5.41, 5.74) is -0.380. The Morgan fingerprint density at radius 1 is 1.15 bits per heavy atom. The number of nitrogens with zero attached hydrogens (tertiary/aromatic N) is 1. The van der Waals surface area contributed by atoms with Crippen molar-refractivity contribution < 1.29 is 24.6 Å². The first-order valence-electron chi connectivity index (χ1n) is 5.95. The van der Waals surface area contributed by atoms with E-state index in [-0.39, 0.29) is 17.0 Å². The lowest BCUT2D eigenvalue weighted by Crippen LogP contribution is -2.16. The van der Waals surface area contributed by atoms with Gasteiger partial charge in [0.05, 0.1) is 11.1 Å². The number of hydrogen-bond acceptors (Lipinski definition) is 3. The molecular weight excluding hydrogens is 262 g/mol. The molecule has 1 heterocycles. The van der Waals surface area contributed by atoms with E-state index in [9.17, 15) is 14.4 Å². The molecule has 0 radical (unpaired) electrons. The third kappa shape index (κ3) is 3.94. The van der Waals surface area contributed by atoms with E-state index in [0.29, 0.717) is 6.42 Å². The van der Waals surface area contributed by atoms with Crippen molar-refractivity contribution in [3.63, 3.8) is 0 Å². The van der Waals surface area contributed by atoms with Gasteiger partial charge >= 0.3 is 11.9 Å². The Kier molecular flexibility index (Phi) is 5.46. The maximum absolute atomic E-state index is 10.7. The van der Waals surface area contributed by atoms with Gasteiger partial charge in [-0.3, -0.25) is 4.79 Å². The predicted molar refractivity (Wildman–Crippen MR) is 71.5 cm³/mol. The normalized spacial score (nSPS) is 13.4. The molecule has 0 saturated carbocycles. The largest absolute Gasteiger partial charge is 0.478 e. The van der Waals surface area contributed by atoms with Crippen LogP contribution in [0, 0.1) is 0 Å². The van der Waals surface area contributed by atoms with Crippen LogP contribution in [0.4, 0.5) is 0 Å². The highest BCUT2D eigenvalue weighted by Gasteiger charge is 2.16. The lowest BCUT2D eigenvalue weighted by Gasteiger charge is -2.05. The molecule has 1 aliphatic heterocycles. The molecule has 6 nitrogen and oxygen atoms in total. The summed E-state index contributed by atoms with van der Waals surface area (Å²) in [5, 5.41) is 17.1. The van der Waals surface area contributed by atoms with Gasteiger partial charge in [-0.25, -0.2) is 9.59 Å².